The van der Waals surface area contributed by atoms with E-state index in [1.54, 1.807) is 31.4 Å². The molecule has 0 bridgehead atoms. The second-order valence-electron chi connectivity index (χ2n) is 5.49. The van der Waals surface area contributed by atoms with Crippen LogP contribution in [0.1, 0.15) is 5.76 Å². The first kappa shape index (κ1) is 17.9. The lowest BCUT2D eigenvalue weighted by Gasteiger charge is -2.10. The first-order valence-electron chi connectivity index (χ1n) is 8.03. The van der Waals surface area contributed by atoms with Crippen molar-refractivity contribution in [3.63, 3.8) is 0 Å². The molecule has 0 fully saturated rings. The second kappa shape index (κ2) is 8.45. The highest BCUT2D eigenvalue weighted by atomic mass is 35.5. The molecule has 0 saturated carbocycles. The van der Waals surface area contributed by atoms with Crippen LogP contribution < -0.4 is 14.8 Å². The molecule has 0 aliphatic rings. The number of furan rings is 1. The minimum atomic E-state index is -0.250. The Balaban J connectivity index is 1.51. The Morgan fingerprint density at radius 3 is 2.50 bits per heavy atom. The summed E-state index contributed by atoms with van der Waals surface area (Å²) in [6.07, 6.45) is 0. The summed E-state index contributed by atoms with van der Waals surface area (Å²) in [5.74, 6) is 2.23. The van der Waals surface area contributed by atoms with Crippen LogP contribution in [0.25, 0.3) is 11.3 Å². The molecule has 0 unspecified atom stereocenters. The predicted octanol–water partition coefficient (Wildman–Crippen LogP) is 4.30. The summed E-state index contributed by atoms with van der Waals surface area (Å²) in [5.41, 5.74) is 0.923. The Hall–Kier alpha value is -2.92. The number of methoxy groups -OCH3 is 1. The molecule has 0 aliphatic carbocycles. The van der Waals surface area contributed by atoms with E-state index in [0.29, 0.717) is 22.3 Å². The van der Waals surface area contributed by atoms with E-state index in [1.165, 1.54) is 0 Å². The zero-order chi connectivity index (χ0) is 18.4. The summed E-state index contributed by atoms with van der Waals surface area (Å²) in [6.45, 7) is 0.173. The fraction of sp³-hybridized carbons (Fsp3) is 0.150. The van der Waals surface area contributed by atoms with Crippen LogP contribution in [0.5, 0.6) is 11.5 Å². The van der Waals surface area contributed by atoms with Gasteiger partial charge in [0, 0.05) is 10.6 Å². The number of rotatable bonds is 7. The van der Waals surface area contributed by atoms with Gasteiger partial charge in [-0.1, -0.05) is 23.7 Å². The predicted molar refractivity (Wildman–Crippen MR) is 99.5 cm³/mol. The number of halogens is 1. The normalized spacial score (nSPS) is 10.4. The van der Waals surface area contributed by atoms with E-state index < -0.39 is 0 Å². The number of ether oxygens (including phenoxy) is 2. The lowest BCUT2D eigenvalue weighted by atomic mass is 10.2. The van der Waals surface area contributed by atoms with E-state index in [9.17, 15) is 4.79 Å². The van der Waals surface area contributed by atoms with Crippen molar-refractivity contribution in [1.82, 2.24) is 5.32 Å². The Bertz CT molecular complexity index is 874. The molecule has 3 rings (SSSR count). The quantitative estimate of drug-likeness (QED) is 0.672. The molecule has 0 aliphatic heterocycles. The van der Waals surface area contributed by atoms with Crippen molar-refractivity contribution in [3.8, 4) is 22.8 Å². The van der Waals surface area contributed by atoms with Crippen molar-refractivity contribution >= 4 is 17.5 Å². The van der Waals surface area contributed by atoms with Gasteiger partial charge in [0.1, 0.15) is 11.5 Å². The van der Waals surface area contributed by atoms with Crippen LogP contribution in [0.4, 0.5) is 0 Å². The molecule has 5 nitrogen and oxygen atoms in total. The van der Waals surface area contributed by atoms with Crippen LogP contribution in [0.2, 0.25) is 5.02 Å². The molecule has 1 amide bonds. The van der Waals surface area contributed by atoms with E-state index in [4.69, 9.17) is 25.5 Å². The summed E-state index contributed by atoms with van der Waals surface area (Å²) in [5, 5.41) is 3.43. The summed E-state index contributed by atoms with van der Waals surface area (Å²) >= 11 is 5.88. The maximum Gasteiger partial charge on any atom is 0.258 e. The average Bonchev–Trinajstić information content (AvgIpc) is 3.14. The number of carbonyl (C=O) groups excluding carboxylic acids is 1. The van der Waals surface area contributed by atoms with Gasteiger partial charge in [0.2, 0.25) is 0 Å². The maximum absolute atomic E-state index is 12.0. The van der Waals surface area contributed by atoms with Crippen molar-refractivity contribution in [2.75, 3.05) is 13.7 Å². The molecule has 2 aromatic carbocycles. The van der Waals surface area contributed by atoms with E-state index in [1.807, 2.05) is 36.4 Å². The second-order valence-corrected chi connectivity index (χ2v) is 5.93. The average molecular weight is 372 g/mol. The molecule has 3 aromatic rings. The molecule has 0 atom stereocenters. The number of para-hydroxylation sites is 2. The largest absolute Gasteiger partial charge is 0.493 e. The topological polar surface area (TPSA) is 60.7 Å². The van der Waals surface area contributed by atoms with Gasteiger partial charge in [0.05, 0.1) is 13.7 Å². The zero-order valence-corrected chi connectivity index (χ0v) is 15.0. The lowest BCUT2D eigenvalue weighted by molar-refractivity contribution is -0.123. The first-order chi connectivity index (χ1) is 12.7. The van der Waals surface area contributed by atoms with E-state index in [-0.39, 0.29) is 19.1 Å². The van der Waals surface area contributed by atoms with Crippen LogP contribution in [-0.4, -0.2) is 19.6 Å². The van der Waals surface area contributed by atoms with Crippen molar-refractivity contribution in [3.05, 3.63) is 71.4 Å². The van der Waals surface area contributed by atoms with Crippen molar-refractivity contribution < 1.29 is 18.7 Å². The Morgan fingerprint density at radius 2 is 1.77 bits per heavy atom. The van der Waals surface area contributed by atoms with Gasteiger partial charge in [0.25, 0.3) is 5.91 Å². The number of amides is 1. The third-order valence-electron chi connectivity index (χ3n) is 3.68. The maximum atomic E-state index is 12.0. The number of nitrogens with one attached hydrogen (secondary N) is 1. The van der Waals surface area contributed by atoms with Crippen molar-refractivity contribution in [2.45, 2.75) is 6.54 Å². The van der Waals surface area contributed by atoms with Gasteiger partial charge < -0.3 is 19.2 Å². The van der Waals surface area contributed by atoms with Gasteiger partial charge in [-0.2, -0.15) is 0 Å². The molecule has 0 radical (unpaired) electrons. The van der Waals surface area contributed by atoms with Gasteiger partial charge in [-0.25, -0.2) is 0 Å². The summed E-state index contributed by atoms with van der Waals surface area (Å²) in [4.78, 5) is 12.0. The number of carbonyl (C=O) groups is 1. The molecule has 0 spiro atoms. The lowest BCUT2D eigenvalue weighted by Crippen LogP contribution is -2.28. The molecule has 1 N–H and O–H groups in total. The third kappa shape index (κ3) is 4.58. The Kier molecular flexibility index (Phi) is 5.81. The number of hydrogen-bond acceptors (Lipinski definition) is 4. The highest BCUT2D eigenvalue weighted by Crippen LogP contribution is 2.26. The molecule has 6 heteroatoms. The molecule has 1 aromatic heterocycles. The van der Waals surface area contributed by atoms with E-state index in [2.05, 4.69) is 5.32 Å². The molecule has 1 heterocycles. The molecule has 26 heavy (non-hydrogen) atoms. The first-order valence-corrected chi connectivity index (χ1v) is 8.40. The van der Waals surface area contributed by atoms with Crippen molar-refractivity contribution in [1.29, 1.82) is 0 Å². The zero-order valence-electron chi connectivity index (χ0n) is 14.2. The highest BCUT2D eigenvalue weighted by molar-refractivity contribution is 6.30. The van der Waals surface area contributed by atoms with E-state index >= 15 is 0 Å². The highest BCUT2D eigenvalue weighted by Gasteiger charge is 2.09. The molecule has 0 saturated heterocycles. The Labute approximate surface area is 156 Å². The standard InChI is InChI=1S/C20H18ClNO4/c1-24-18-4-2-3-5-19(18)25-13-20(23)22-12-16-10-11-17(26-16)14-6-8-15(21)9-7-14/h2-11H,12-13H2,1H3,(H,22,23). The molecular weight excluding hydrogens is 354 g/mol. The smallest absolute Gasteiger partial charge is 0.258 e. The minimum absolute atomic E-state index is 0.106. The molecule has 134 valence electrons. The minimum Gasteiger partial charge on any atom is -0.493 e. The number of benzene rings is 2. The van der Waals surface area contributed by atoms with Crippen LogP contribution in [0.15, 0.2) is 65.1 Å². The van der Waals surface area contributed by atoms with E-state index in [0.717, 1.165) is 11.3 Å². The van der Waals surface area contributed by atoms with Crippen LogP contribution in [0.3, 0.4) is 0 Å². The van der Waals surface area contributed by atoms with Gasteiger partial charge in [-0.05, 0) is 48.5 Å². The number of hydrogen-bond donors (Lipinski definition) is 1. The fourth-order valence-corrected chi connectivity index (χ4v) is 2.49. The third-order valence-corrected chi connectivity index (χ3v) is 3.93. The van der Waals surface area contributed by atoms with Crippen LogP contribution >= 0.6 is 11.6 Å². The summed E-state index contributed by atoms with van der Waals surface area (Å²) in [6, 6.07) is 18.2. The van der Waals surface area contributed by atoms with Gasteiger partial charge in [-0.15, -0.1) is 0 Å². The Morgan fingerprint density at radius 1 is 1.04 bits per heavy atom. The van der Waals surface area contributed by atoms with Gasteiger partial charge in [-0.3, -0.25) is 4.79 Å². The summed E-state index contributed by atoms with van der Waals surface area (Å²) in [7, 11) is 1.55. The van der Waals surface area contributed by atoms with Crippen molar-refractivity contribution in [2.24, 2.45) is 0 Å². The van der Waals surface area contributed by atoms with Crippen LogP contribution in [-0.2, 0) is 11.3 Å². The summed E-state index contributed by atoms with van der Waals surface area (Å²) < 4.78 is 16.4. The van der Waals surface area contributed by atoms with Gasteiger partial charge >= 0.3 is 0 Å². The fourth-order valence-electron chi connectivity index (χ4n) is 2.36. The van der Waals surface area contributed by atoms with Gasteiger partial charge in [0.15, 0.2) is 18.1 Å². The SMILES string of the molecule is COc1ccccc1OCC(=O)NCc1ccc(-c2ccc(Cl)cc2)o1. The molecular formula is C20H18ClNO4. The van der Waals surface area contributed by atoms with Crippen LogP contribution in [0, 0.1) is 0 Å². The monoisotopic (exact) mass is 371 g/mol.